The lowest BCUT2D eigenvalue weighted by Crippen LogP contribution is -2.25. The lowest BCUT2D eigenvalue weighted by molar-refractivity contribution is 0.152. The molecule has 0 aliphatic rings. The van der Waals surface area contributed by atoms with Gasteiger partial charge in [-0.25, -0.2) is 4.39 Å². The van der Waals surface area contributed by atoms with E-state index >= 15 is 0 Å². The Balaban J connectivity index is 3.15. The summed E-state index contributed by atoms with van der Waals surface area (Å²) in [6.07, 6.45) is -0.812. The van der Waals surface area contributed by atoms with Crippen molar-refractivity contribution in [1.29, 1.82) is 0 Å². The lowest BCUT2D eigenvalue weighted by Gasteiger charge is -2.17. The van der Waals surface area contributed by atoms with E-state index in [1.807, 2.05) is 0 Å². The molecule has 0 aromatic heterocycles. The molecular weight excluding hydrogens is 205 g/mol. The van der Waals surface area contributed by atoms with Gasteiger partial charge in [0.2, 0.25) is 0 Å². The Kier molecular flexibility index (Phi) is 3.48. The van der Waals surface area contributed by atoms with Crippen LogP contribution in [-0.4, -0.2) is 11.1 Å². The summed E-state index contributed by atoms with van der Waals surface area (Å²) in [4.78, 5) is 0. The van der Waals surface area contributed by atoms with E-state index in [4.69, 9.17) is 17.3 Å². The summed E-state index contributed by atoms with van der Waals surface area (Å²) < 4.78 is 13.0. The molecular formula is C10H13ClFNO. The molecule has 1 aromatic rings. The van der Waals surface area contributed by atoms with Crippen LogP contribution in [0.25, 0.3) is 0 Å². The van der Waals surface area contributed by atoms with E-state index in [0.717, 1.165) is 0 Å². The molecule has 2 atom stereocenters. The van der Waals surface area contributed by atoms with E-state index in [1.165, 1.54) is 12.1 Å². The van der Waals surface area contributed by atoms with Crippen molar-refractivity contribution >= 4 is 11.6 Å². The van der Waals surface area contributed by atoms with E-state index in [9.17, 15) is 9.50 Å². The highest BCUT2D eigenvalue weighted by Crippen LogP contribution is 2.25. The highest BCUT2D eigenvalue weighted by atomic mass is 35.5. The summed E-state index contributed by atoms with van der Waals surface area (Å²) in [5, 5.41) is 9.69. The van der Waals surface area contributed by atoms with Crippen LogP contribution in [-0.2, 0) is 0 Å². The van der Waals surface area contributed by atoms with Crippen molar-refractivity contribution < 1.29 is 9.50 Å². The molecule has 0 spiro atoms. The molecule has 0 saturated carbocycles. The van der Waals surface area contributed by atoms with Crippen molar-refractivity contribution in [3.63, 3.8) is 0 Å². The second kappa shape index (κ2) is 4.26. The van der Waals surface area contributed by atoms with Crippen LogP contribution < -0.4 is 5.73 Å². The first-order valence-corrected chi connectivity index (χ1v) is 4.70. The SMILES string of the molecule is Cc1cc(F)c(Cl)cc1[C@@H](O)[C@H](C)N. The van der Waals surface area contributed by atoms with Gasteiger partial charge in [0.05, 0.1) is 11.1 Å². The highest BCUT2D eigenvalue weighted by molar-refractivity contribution is 6.30. The van der Waals surface area contributed by atoms with Crippen molar-refractivity contribution in [2.24, 2.45) is 5.73 Å². The monoisotopic (exact) mass is 217 g/mol. The molecule has 3 N–H and O–H groups in total. The zero-order chi connectivity index (χ0) is 10.9. The molecule has 0 bridgehead atoms. The second-order valence-corrected chi connectivity index (χ2v) is 3.83. The highest BCUT2D eigenvalue weighted by Gasteiger charge is 2.16. The molecule has 0 aliphatic carbocycles. The molecule has 0 unspecified atom stereocenters. The first-order valence-electron chi connectivity index (χ1n) is 4.32. The zero-order valence-corrected chi connectivity index (χ0v) is 8.85. The number of nitrogens with two attached hydrogens (primary N) is 1. The minimum atomic E-state index is -0.812. The third kappa shape index (κ3) is 2.23. The maximum Gasteiger partial charge on any atom is 0.142 e. The van der Waals surface area contributed by atoms with Crippen molar-refractivity contribution in [3.8, 4) is 0 Å². The zero-order valence-electron chi connectivity index (χ0n) is 8.09. The molecule has 0 amide bonds. The number of hydrogen-bond acceptors (Lipinski definition) is 2. The van der Waals surface area contributed by atoms with Gasteiger partial charge in [-0.2, -0.15) is 0 Å². The maximum absolute atomic E-state index is 13.0. The average Bonchev–Trinajstić information content (AvgIpc) is 2.10. The van der Waals surface area contributed by atoms with Gasteiger partial charge in [0.15, 0.2) is 0 Å². The number of aliphatic hydroxyl groups excluding tert-OH is 1. The molecule has 14 heavy (non-hydrogen) atoms. The Morgan fingerprint density at radius 1 is 1.50 bits per heavy atom. The quantitative estimate of drug-likeness (QED) is 0.798. The molecule has 0 aliphatic heterocycles. The third-order valence-corrected chi connectivity index (χ3v) is 2.42. The average molecular weight is 218 g/mol. The van der Waals surface area contributed by atoms with Crippen LogP contribution in [0.15, 0.2) is 12.1 Å². The van der Waals surface area contributed by atoms with Gasteiger partial charge in [-0.3, -0.25) is 0 Å². The van der Waals surface area contributed by atoms with Crippen LogP contribution in [0.5, 0.6) is 0 Å². The van der Waals surface area contributed by atoms with E-state index in [0.29, 0.717) is 11.1 Å². The molecule has 0 heterocycles. The van der Waals surface area contributed by atoms with Crippen LogP contribution in [0.4, 0.5) is 4.39 Å². The van der Waals surface area contributed by atoms with Crippen molar-refractivity contribution in [2.75, 3.05) is 0 Å². The first-order chi connectivity index (χ1) is 6.43. The number of hydrogen-bond donors (Lipinski definition) is 2. The number of aryl methyl sites for hydroxylation is 1. The number of aliphatic hydroxyl groups is 1. The summed E-state index contributed by atoms with van der Waals surface area (Å²) in [7, 11) is 0. The summed E-state index contributed by atoms with van der Waals surface area (Å²) >= 11 is 5.61. The van der Waals surface area contributed by atoms with Crippen LogP contribution in [0, 0.1) is 12.7 Å². The normalized spacial score (nSPS) is 15.3. The predicted octanol–water partition coefficient (Wildman–Crippen LogP) is 2.17. The van der Waals surface area contributed by atoms with Crippen LogP contribution in [0.2, 0.25) is 5.02 Å². The van der Waals surface area contributed by atoms with Gasteiger partial charge in [0.1, 0.15) is 5.82 Å². The van der Waals surface area contributed by atoms with Gasteiger partial charge in [0.25, 0.3) is 0 Å². The summed E-state index contributed by atoms with van der Waals surface area (Å²) in [6, 6.07) is 2.30. The fourth-order valence-corrected chi connectivity index (χ4v) is 1.44. The van der Waals surface area contributed by atoms with Gasteiger partial charge >= 0.3 is 0 Å². The number of rotatable bonds is 2. The fourth-order valence-electron chi connectivity index (χ4n) is 1.26. The Morgan fingerprint density at radius 3 is 2.57 bits per heavy atom. The number of benzene rings is 1. The Bertz CT molecular complexity index is 341. The number of halogens is 2. The molecule has 2 nitrogen and oxygen atoms in total. The maximum atomic E-state index is 13.0. The Labute approximate surface area is 87.5 Å². The predicted molar refractivity (Wildman–Crippen MR) is 54.8 cm³/mol. The molecule has 4 heteroatoms. The Hall–Kier alpha value is -0.640. The molecule has 78 valence electrons. The van der Waals surface area contributed by atoms with Crippen molar-refractivity contribution in [1.82, 2.24) is 0 Å². The van der Waals surface area contributed by atoms with E-state index < -0.39 is 18.0 Å². The molecule has 1 aromatic carbocycles. The van der Waals surface area contributed by atoms with Gasteiger partial charge in [-0.15, -0.1) is 0 Å². The standard InChI is InChI=1S/C10H13ClFNO/c1-5-3-9(12)8(11)4-7(5)10(14)6(2)13/h3-4,6,10,14H,13H2,1-2H3/t6-,10-/m0/s1. The first kappa shape index (κ1) is 11.4. The summed E-state index contributed by atoms with van der Waals surface area (Å²) in [5.74, 6) is -0.482. The van der Waals surface area contributed by atoms with Crippen molar-refractivity contribution in [2.45, 2.75) is 26.0 Å². The van der Waals surface area contributed by atoms with Gasteiger partial charge in [-0.05, 0) is 37.1 Å². The molecule has 0 fully saturated rings. The van der Waals surface area contributed by atoms with Crippen molar-refractivity contribution in [3.05, 3.63) is 34.1 Å². The minimum Gasteiger partial charge on any atom is -0.387 e. The Morgan fingerprint density at radius 2 is 2.07 bits per heavy atom. The van der Waals surface area contributed by atoms with E-state index in [2.05, 4.69) is 0 Å². The lowest BCUT2D eigenvalue weighted by atomic mass is 9.99. The molecule has 0 radical (unpaired) electrons. The third-order valence-electron chi connectivity index (χ3n) is 2.13. The summed E-state index contributed by atoms with van der Waals surface area (Å²) in [6.45, 7) is 3.39. The topological polar surface area (TPSA) is 46.2 Å². The van der Waals surface area contributed by atoms with E-state index in [-0.39, 0.29) is 5.02 Å². The fraction of sp³-hybridized carbons (Fsp3) is 0.400. The second-order valence-electron chi connectivity index (χ2n) is 3.43. The van der Waals surface area contributed by atoms with Crippen LogP contribution >= 0.6 is 11.6 Å². The molecule has 0 saturated heterocycles. The van der Waals surface area contributed by atoms with Gasteiger partial charge < -0.3 is 10.8 Å². The van der Waals surface area contributed by atoms with Gasteiger partial charge in [0, 0.05) is 6.04 Å². The van der Waals surface area contributed by atoms with Crippen LogP contribution in [0.3, 0.4) is 0 Å². The smallest absolute Gasteiger partial charge is 0.142 e. The summed E-state index contributed by atoms with van der Waals surface area (Å²) in [5.41, 5.74) is 6.76. The largest absolute Gasteiger partial charge is 0.387 e. The van der Waals surface area contributed by atoms with Gasteiger partial charge in [-0.1, -0.05) is 11.6 Å². The molecule has 1 rings (SSSR count). The minimum absolute atomic E-state index is 0.00491. The van der Waals surface area contributed by atoms with Crippen LogP contribution in [0.1, 0.15) is 24.2 Å². The van der Waals surface area contributed by atoms with E-state index in [1.54, 1.807) is 13.8 Å².